The lowest BCUT2D eigenvalue weighted by Gasteiger charge is -2.15. The SMILES string of the molecule is CC1=CC(=O)[C@@H](C(=O)/C=C/c2cccc3ccccc23)C(=O)O1. The van der Waals surface area contributed by atoms with Crippen LogP contribution in [0.2, 0.25) is 0 Å². The van der Waals surface area contributed by atoms with E-state index in [0.717, 1.165) is 16.3 Å². The van der Waals surface area contributed by atoms with Crippen LogP contribution in [0.15, 0.2) is 60.4 Å². The number of esters is 1. The molecule has 0 saturated carbocycles. The zero-order chi connectivity index (χ0) is 16.4. The number of benzene rings is 2. The molecule has 4 heteroatoms. The van der Waals surface area contributed by atoms with Crippen molar-refractivity contribution in [1.82, 2.24) is 0 Å². The van der Waals surface area contributed by atoms with E-state index in [0.29, 0.717) is 0 Å². The van der Waals surface area contributed by atoms with Crippen LogP contribution in [0.4, 0.5) is 0 Å². The number of hydrogen-bond donors (Lipinski definition) is 0. The molecule has 2 aromatic carbocycles. The molecular formula is C19H14O4. The number of ketones is 2. The summed E-state index contributed by atoms with van der Waals surface area (Å²) in [6.07, 6.45) is 4.06. The van der Waals surface area contributed by atoms with E-state index >= 15 is 0 Å². The van der Waals surface area contributed by atoms with Gasteiger partial charge in [0.05, 0.1) is 0 Å². The first-order valence-corrected chi connectivity index (χ1v) is 7.20. The number of rotatable bonds is 3. The minimum atomic E-state index is -1.40. The molecule has 3 rings (SSSR count). The van der Waals surface area contributed by atoms with Crippen molar-refractivity contribution in [3.05, 3.63) is 65.9 Å². The van der Waals surface area contributed by atoms with Crippen LogP contribution in [0.25, 0.3) is 16.8 Å². The van der Waals surface area contributed by atoms with E-state index in [1.807, 2.05) is 42.5 Å². The van der Waals surface area contributed by atoms with Gasteiger partial charge in [-0.25, -0.2) is 0 Å². The molecule has 0 unspecified atom stereocenters. The Hall–Kier alpha value is -3.01. The Morgan fingerprint density at radius 1 is 1.09 bits per heavy atom. The summed E-state index contributed by atoms with van der Waals surface area (Å²) in [5.41, 5.74) is 0.847. The van der Waals surface area contributed by atoms with Gasteiger partial charge in [0.25, 0.3) is 0 Å². The summed E-state index contributed by atoms with van der Waals surface area (Å²) in [6.45, 7) is 1.50. The number of fused-ring (bicyclic) bond motifs is 1. The Kier molecular flexibility index (Phi) is 3.89. The average molecular weight is 306 g/mol. The number of cyclic esters (lactones) is 1. The van der Waals surface area contributed by atoms with E-state index in [1.54, 1.807) is 6.08 Å². The fourth-order valence-electron chi connectivity index (χ4n) is 2.57. The highest BCUT2D eigenvalue weighted by Gasteiger charge is 2.36. The molecule has 1 aliphatic rings. The molecule has 0 amide bonds. The second-order valence-electron chi connectivity index (χ2n) is 5.32. The normalized spacial score (nSPS) is 18.1. The van der Waals surface area contributed by atoms with Gasteiger partial charge in [0.2, 0.25) is 0 Å². The highest BCUT2D eigenvalue weighted by atomic mass is 16.5. The van der Waals surface area contributed by atoms with Gasteiger partial charge in [-0.15, -0.1) is 0 Å². The van der Waals surface area contributed by atoms with Gasteiger partial charge in [-0.3, -0.25) is 14.4 Å². The van der Waals surface area contributed by atoms with Crippen molar-refractivity contribution >= 4 is 34.4 Å². The van der Waals surface area contributed by atoms with E-state index in [4.69, 9.17) is 4.74 Å². The van der Waals surface area contributed by atoms with E-state index < -0.39 is 23.5 Å². The third-order valence-electron chi connectivity index (χ3n) is 3.66. The average Bonchev–Trinajstić information content (AvgIpc) is 2.52. The Morgan fingerprint density at radius 2 is 1.83 bits per heavy atom. The molecule has 114 valence electrons. The number of carbonyl (C=O) groups excluding carboxylic acids is 3. The third kappa shape index (κ3) is 2.97. The zero-order valence-corrected chi connectivity index (χ0v) is 12.5. The molecule has 0 spiro atoms. The van der Waals surface area contributed by atoms with Gasteiger partial charge in [-0.2, -0.15) is 0 Å². The Labute approximate surface area is 133 Å². The van der Waals surface area contributed by atoms with E-state index in [9.17, 15) is 14.4 Å². The molecule has 0 fully saturated rings. The maximum absolute atomic E-state index is 12.2. The van der Waals surface area contributed by atoms with E-state index in [1.165, 1.54) is 19.1 Å². The van der Waals surface area contributed by atoms with Crippen LogP contribution in [-0.4, -0.2) is 17.5 Å². The quantitative estimate of drug-likeness (QED) is 0.497. The molecular weight excluding hydrogens is 292 g/mol. The predicted octanol–water partition coefficient (Wildman–Crippen LogP) is 3.07. The van der Waals surface area contributed by atoms with Crippen LogP contribution in [0.5, 0.6) is 0 Å². The van der Waals surface area contributed by atoms with E-state index in [-0.39, 0.29) is 5.76 Å². The monoisotopic (exact) mass is 306 g/mol. The van der Waals surface area contributed by atoms with Crippen molar-refractivity contribution in [3.63, 3.8) is 0 Å². The van der Waals surface area contributed by atoms with Crippen molar-refractivity contribution in [1.29, 1.82) is 0 Å². The standard InChI is InChI=1S/C19H14O4/c1-12-11-17(21)18(19(22)23-12)16(20)10-9-14-7-4-6-13-5-2-3-8-15(13)14/h2-11,18H,1H3/b10-9+/t18-/m1/s1. The zero-order valence-electron chi connectivity index (χ0n) is 12.5. The molecule has 1 atom stereocenters. The Bertz CT molecular complexity index is 869. The molecule has 0 aromatic heterocycles. The van der Waals surface area contributed by atoms with Crippen LogP contribution in [0, 0.1) is 5.92 Å². The molecule has 0 bridgehead atoms. The molecule has 0 N–H and O–H groups in total. The smallest absolute Gasteiger partial charge is 0.329 e. The van der Waals surface area contributed by atoms with Crippen LogP contribution >= 0.6 is 0 Å². The topological polar surface area (TPSA) is 60.4 Å². The van der Waals surface area contributed by atoms with Crippen LogP contribution in [0.3, 0.4) is 0 Å². The van der Waals surface area contributed by atoms with Crippen LogP contribution < -0.4 is 0 Å². The fraction of sp³-hybridized carbons (Fsp3) is 0.105. The maximum Gasteiger partial charge on any atom is 0.329 e. The van der Waals surface area contributed by atoms with Crippen LogP contribution in [-0.2, 0) is 19.1 Å². The van der Waals surface area contributed by atoms with Crippen molar-refractivity contribution in [2.24, 2.45) is 5.92 Å². The summed E-state index contributed by atoms with van der Waals surface area (Å²) in [7, 11) is 0. The molecule has 0 radical (unpaired) electrons. The van der Waals surface area contributed by atoms with Crippen molar-refractivity contribution in [2.45, 2.75) is 6.92 Å². The number of carbonyl (C=O) groups is 3. The van der Waals surface area contributed by atoms with Crippen molar-refractivity contribution in [3.8, 4) is 0 Å². The Morgan fingerprint density at radius 3 is 2.61 bits per heavy atom. The number of ether oxygens (including phenoxy) is 1. The molecule has 1 heterocycles. The van der Waals surface area contributed by atoms with Gasteiger partial charge in [-0.05, 0) is 29.3 Å². The molecule has 0 aliphatic carbocycles. The molecule has 23 heavy (non-hydrogen) atoms. The first-order chi connectivity index (χ1) is 11.1. The van der Waals surface area contributed by atoms with Gasteiger partial charge >= 0.3 is 5.97 Å². The van der Waals surface area contributed by atoms with Crippen molar-refractivity contribution in [2.75, 3.05) is 0 Å². The van der Waals surface area contributed by atoms with Gasteiger partial charge in [-0.1, -0.05) is 48.5 Å². The van der Waals surface area contributed by atoms with Crippen molar-refractivity contribution < 1.29 is 19.1 Å². The second kappa shape index (κ2) is 6.01. The summed E-state index contributed by atoms with van der Waals surface area (Å²) in [5, 5.41) is 2.04. The first-order valence-electron chi connectivity index (χ1n) is 7.20. The summed E-state index contributed by atoms with van der Waals surface area (Å²) in [6, 6.07) is 13.5. The number of hydrogen-bond acceptors (Lipinski definition) is 4. The molecule has 2 aromatic rings. The predicted molar refractivity (Wildman–Crippen MR) is 86.3 cm³/mol. The lowest BCUT2D eigenvalue weighted by molar-refractivity contribution is -0.151. The summed E-state index contributed by atoms with van der Waals surface area (Å²) in [5.74, 6) is -3.11. The van der Waals surface area contributed by atoms with E-state index in [2.05, 4.69) is 0 Å². The van der Waals surface area contributed by atoms with Crippen LogP contribution in [0.1, 0.15) is 12.5 Å². The lowest BCUT2D eigenvalue weighted by Crippen LogP contribution is -2.34. The summed E-state index contributed by atoms with van der Waals surface area (Å²) in [4.78, 5) is 35.8. The first kappa shape index (κ1) is 14.9. The Balaban J connectivity index is 1.89. The maximum atomic E-state index is 12.2. The lowest BCUT2D eigenvalue weighted by atomic mass is 9.95. The van der Waals surface area contributed by atoms with Gasteiger partial charge in [0, 0.05) is 6.08 Å². The minimum Gasteiger partial charge on any atom is -0.430 e. The highest BCUT2D eigenvalue weighted by molar-refractivity contribution is 6.25. The third-order valence-corrected chi connectivity index (χ3v) is 3.66. The van der Waals surface area contributed by atoms with Gasteiger partial charge in [0.15, 0.2) is 17.5 Å². The van der Waals surface area contributed by atoms with Gasteiger partial charge < -0.3 is 4.74 Å². The van der Waals surface area contributed by atoms with Gasteiger partial charge in [0.1, 0.15) is 5.76 Å². The molecule has 4 nitrogen and oxygen atoms in total. The largest absolute Gasteiger partial charge is 0.430 e. The second-order valence-corrected chi connectivity index (χ2v) is 5.32. The highest BCUT2D eigenvalue weighted by Crippen LogP contribution is 2.21. The molecule has 1 aliphatic heterocycles. The molecule has 0 saturated heterocycles. The number of allylic oxidation sites excluding steroid dienone is 3. The summed E-state index contributed by atoms with van der Waals surface area (Å²) < 4.78 is 4.86. The summed E-state index contributed by atoms with van der Waals surface area (Å²) >= 11 is 0. The fourth-order valence-corrected chi connectivity index (χ4v) is 2.57. The minimum absolute atomic E-state index is 0.210.